The molecule has 2 rings (SSSR count). The maximum Gasteiger partial charge on any atom is 0.151 e. The Balaban J connectivity index is 2.28. The maximum absolute atomic E-state index is 4.35. The molecular weight excluding hydrogens is 174 g/mol. The Kier molecular flexibility index (Phi) is 2.75. The molecule has 0 saturated carbocycles. The number of hydrogen-bond donors (Lipinski definition) is 2. The van der Waals surface area contributed by atoms with Crippen molar-refractivity contribution in [1.29, 1.82) is 0 Å². The van der Waals surface area contributed by atoms with E-state index in [9.17, 15) is 0 Å². The zero-order valence-corrected chi connectivity index (χ0v) is 9.06. The molecule has 1 aliphatic rings. The Morgan fingerprint density at radius 1 is 1.50 bits per heavy atom. The van der Waals surface area contributed by atoms with Gasteiger partial charge >= 0.3 is 0 Å². The zero-order chi connectivity index (χ0) is 9.97. The Bertz CT molecular complexity index is 303. The number of aromatic amines is 1. The predicted octanol–water partition coefficient (Wildman–Crippen LogP) is 2.67. The van der Waals surface area contributed by atoms with E-state index in [1.165, 1.54) is 36.9 Å². The van der Waals surface area contributed by atoms with Gasteiger partial charge in [-0.2, -0.15) is 5.10 Å². The minimum atomic E-state index is 0.707. The quantitative estimate of drug-likeness (QED) is 0.774. The second-order valence-electron chi connectivity index (χ2n) is 3.99. The van der Waals surface area contributed by atoms with Crippen molar-refractivity contribution < 1.29 is 0 Å². The molecule has 0 aliphatic heterocycles. The Morgan fingerprint density at radius 3 is 3.07 bits per heavy atom. The summed E-state index contributed by atoms with van der Waals surface area (Å²) in [7, 11) is 0. The van der Waals surface area contributed by atoms with E-state index < -0.39 is 0 Å². The van der Waals surface area contributed by atoms with Crippen molar-refractivity contribution in [2.75, 3.05) is 11.9 Å². The molecule has 3 heteroatoms. The normalized spacial score (nSPS) is 20.6. The second-order valence-corrected chi connectivity index (χ2v) is 3.99. The maximum atomic E-state index is 4.35. The van der Waals surface area contributed by atoms with E-state index in [1.54, 1.807) is 0 Å². The van der Waals surface area contributed by atoms with E-state index in [4.69, 9.17) is 0 Å². The third-order valence-electron chi connectivity index (χ3n) is 3.12. The van der Waals surface area contributed by atoms with Gasteiger partial charge in [0.2, 0.25) is 0 Å². The Labute approximate surface area is 85.3 Å². The van der Waals surface area contributed by atoms with Crippen molar-refractivity contribution in [3.8, 4) is 0 Å². The fourth-order valence-electron chi connectivity index (χ4n) is 2.36. The number of hydrogen-bond acceptors (Lipinski definition) is 2. The van der Waals surface area contributed by atoms with Crippen LogP contribution in [0.4, 0.5) is 5.82 Å². The van der Waals surface area contributed by atoms with Crippen LogP contribution >= 0.6 is 0 Å². The minimum Gasteiger partial charge on any atom is -0.369 e. The van der Waals surface area contributed by atoms with Crippen LogP contribution in [0, 0.1) is 0 Å². The summed E-state index contributed by atoms with van der Waals surface area (Å²) in [5.74, 6) is 1.79. The van der Waals surface area contributed by atoms with E-state index in [0.29, 0.717) is 5.92 Å². The first-order chi connectivity index (χ1) is 6.86. The van der Waals surface area contributed by atoms with E-state index in [2.05, 4.69) is 29.4 Å². The molecule has 1 unspecified atom stereocenters. The molecule has 14 heavy (non-hydrogen) atoms. The van der Waals surface area contributed by atoms with E-state index >= 15 is 0 Å². The van der Waals surface area contributed by atoms with Gasteiger partial charge in [-0.25, -0.2) is 0 Å². The van der Waals surface area contributed by atoms with E-state index in [1.807, 2.05) is 0 Å². The highest BCUT2D eigenvalue weighted by Gasteiger charge is 2.23. The third kappa shape index (κ3) is 1.51. The molecule has 0 saturated heterocycles. The largest absolute Gasteiger partial charge is 0.369 e. The molecule has 78 valence electrons. The number of nitrogens with zero attached hydrogens (tertiary/aromatic N) is 1. The molecule has 1 heterocycles. The molecule has 2 N–H and O–H groups in total. The number of rotatable bonds is 3. The molecule has 0 radical (unpaired) electrons. The van der Waals surface area contributed by atoms with Crippen molar-refractivity contribution in [2.24, 2.45) is 0 Å². The zero-order valence-electron chi connectivity index (χ0n) is 9.06. The smallest absolute Gasteiger partial charge is 0.151 e. The predicted molar refractivity (Wildman–Crippen MR) is 58.7 cm³/mol. The van der Waals surface area contributed by atoms with Crippen molar-refractivity contribution in [3.63, 3.8) is 0 Å². The molecule has 1 aromatic rings. The number of fused-ring (bicyclic) bond motifs is 1. The van der Waals surface area contributed by atoms with Crippen LogP contribution in [-0.2, 0) is 6.42 Å². The van der Waals surface area contributed by atoms with E-state index in [0.717, 1.165) is 12.4 Å². The van der Waals surface area contributed by atoms with Gasteiger partial charge in [-0.05, 0) is 32.6 Å². The molecule has 1 aromatic heterocycles. The molecule has 0 aromatic carbocycles. The van der Waals surface area contributed by atoms with Gasteiger partial charge in [0.15, 0.2) is 5.82 Å². The highest BCUT2D eigenvalue weighted by Crippen LogP contribution is 2.35. The Hall–Kier alpha value is -0.990. The van der Waals surface area contributed by atoms with Crippen LogP contribution < -0.4 is 5.32 Å². The first-order valence-corrected chi connectivity index (χ1v) is 5.67. The second kappa shape index (κ2) is 4.03. The topological polar surface area (TPSA) is 40.7 Å². The minimum absolute atomic E-state index is 0.707. The highest BCUT2D eigenvalue weighted by atomic mass is 15.2. The molecule has 0 bridgehead atoms. The van der Waals surface area contributed by atoms with Gasteiger partial charge in [0.25, 0.3) is 0 Å². The van der Waals surface area contributed by atoms with Gasteiger partial charge in [-0.15, -0.1) is 0 Å². The number of aromatic nitrogens is 2. The third-order valence-corrected chi connectivity index (χ3v) is 3.12. The van der Waals surface area contributed by atoms with Gasteiger partial charge in [-0.3, -0.25) is 5.10 Å². The molecular formula is C11H19N3. The molecule has 3 nitrogen and oxygen atoms in total. The van der Waals surface area contributed by atoms with Crippen LogP contribution in [-0.4, -0.2) is 16.7 Å². The highest BCUT2D eigenvalue weighted by molar-refractivity contribution is 5.48. The summed E-state index contributed by atoms with van der Waals surface area (Å²) < 4.78 is 0. The summed E-state index contributed by atoms with van der Waals surface area (Å²) in [5, 5.41) is 10.9. The van der Waals surface area contributed by atoms with Gasteiger partial charge < -0.3 is 5.32 Å². The first-order valence-electron chi connectivity index (χ1n) is 5.67. The van der Waals surface area contributed by atoms with Gasteiger partial charge in [0, 0.05) is 23.7 Å². The van der Waals surface area contributed by atoms with Crippen LogP contribution in [0.2, 0.25) is 0 Å². The number of H-pyrrole nitrogens is 1. The SMILES string of the molecule is CCNc1n[nH]c2c1CCCC2CC. The molecule has 0 amide bonds. The van der Waals surface area contributed by atoms with Gasteiger partial charge in [-0.1, -0.05) is 6.92 Å². The molecule has 1 aliphatic carbocycles. The average molecular weight is 193 g/mol. The molecule has 0 fully saturated rings. The fraction of sp³-hybridized carbons (Fsp3) is 0.727. The summed E-state index contributed by atoms with van der Waals surface area (Å²) >= 11 is 0. The van der Waals surface area contributed by atoms with Crippen molar-refractivity contribution >= 4 is 5.82 Å². The molecule has 0 spiro atoms. The summed E-state index contributed by atoms with van der Waals surface area (Å²) in [6.07, 6.45) is 5.03. The van der Waals surface area contributed by atoms with Gasteiger partial charge in [0.05, 0.1) is 0 Å². The lowest BCUT2D eigenvalue weighted by atomic mass is 9.86. The first kappa shape index (κ1) is 9.56. The summed E-state index contributed by atoms with van der Waals surface area (Å²) in [4.78, 5) is 0. The number of anilines is 1. The number of nitrogens with one attached hydrogen (secondary N) is 2. The van der Waals surface area contributed by atoms with Crippen LogP contribution in [0.5, 0.6) is 0 Å². The molecule has 1 atom stereocenters. The average Bonchev–Trinajstić information content (AvgIpc) is 2.62. The summed E-state index contributed by atoms with van der Waals surface area (Å²) in [5.41, 5.74) is 2.82. The lowest BCUT2D eigenvalue weighted by Gasteiger charge is -2.20. The van der Waals surface area contributed by atoms with E-state index in [-0.39, 0.29) is 0 Å². The van der Waals surface area contributed by atoms with Crippen LogP contribution in [0.15, 0.2) is 0 Å². The lowest BCUT2D eigenvalue weighted by Crippen LogP contribution is -2.09. The summed E-state index contributed by atoms with van der Waals surface area (Å²) in [6, 6.07) is 0. The lowest BCUT2D eigenvalue weighted by molar-refractivity contribution is 0.528. The van der Waals surface area contributed by atoms with Crippen molar-refractivity contribution in [3.05, 3.63) is 11.3 Å². The van der Waals surface area contributed by atoms with Crippen LogP contribution in [0.1, 0.15) is 50.3 Å². The fourth-order valence-corrected chi connectivity index (χ4v) is 2.36. The standard InChI is InChI=1S/C11H19N3/c1-3-8-6-5-7-9-10(8)13-14-11(9)12-4-2/h8H,3-7H2,1-2H3,(H2,12,13,14). The monoisotopic (exact) mass is 193 g/mol. The van der Waals surface area contributed by atoms with Crippen LogP contribution in [0.3, 0.4) is 0 Å². The Morgan fingerprint density at radius 2 is 2.36 bits per heavy atom. The summed E-state index contributed by atoms with van der Waals surface area (Å²) in [6.45, 7) is 5.32. The van der Waals surface area contributed by atoms with Crippen molar-refractivity contribution in [2.45, 2.75) is 45.4 Å². The van der Waals surface area contributed by atoms with Gasteiger partial charge in [0.1, 0.15) is 0 Å². The van der Waals surface area contributed by atoms with Crippen molar-refractivity contribution in [1.82, 2.24) is 10.2 Å². The van der Waals surface area contributed by atoms with Crippen LogP contribution in [0.25, 0.3) is 0 Å².